The van der Waals surface area contributed by atoms with Crippen molar-refractivity contribution in [2.75, 3.05) is 26.2 Å². The number of aromatic nitrogens is 2. The number of piperazine rings is 1. The minimum Gasteiger partial charge on any atom is -0.297 e. The molecule has 0 bridgehead atoms. The second-order valence-electron chi connectivity index (χ2n) is 5.19. The highest BCUT2D eigenvalue weighted by atomic mass is 32.1. The van der Waals surface area contributed by atoms with Gasteiger partial charge in [-0.1, -0.05) is 6.92 Å². The van der Waals surface area contributed by atoms with Gasteiger partial charge < -0.3 is 0 Å². The summed E-state index contributed by atoms with van der Waals surface area (Å²) in [6.45, 7) is 6.99. The SMILES string of the molecule is CCC(C#N)N1CCN(Cc2cn3ccsc3n2)CC1. The first-order chi connectivity index (χ1) is 9.80. The highest BCUT2D eigenvalue weighted by molar-refractivity contribution is 7.15. The Morgan fingerprint density at radius 2 is 2.20 bits per heavy atom. The van der Waals surface area contributed by atoms with Crippen molar-refractivity contribution in [1.82, 2.24) is 19.2 Å². The molecule has 1 aliphatic heterocycles. The van der Waals surface area contributed by atoms with Gasteiger partial charge in [0, 0.05) is 50.5 Å². The first-order valence-corrected chi connectivity index (χ1v) is 7.95. The number of nitrogens with zero attached hydrogens (tertiary/aromatic N) is 5. The molecule has 0 radical (unpaired) electrons. The van der Waals surface area contributed by atoms with Crippen LogP contribution in [0, 0.1) is 11.3 Å². The lowest BCUT2D eigenvalue weighted by atomic mass is 10.2. The van der Waals surface area contributed by atoms with Gasteiger partial charge >= 0.3 is 0 Å². The van der Waals surface area contributed by atoms with Gasteiger partial charge in [-0.2, -0.15) is 5.26 Å². The van der Waals surface area contributed by atoms with Crippen LogP contribution in [0.25, 0.3) is 4.96 Å². The highest BCUT2D eigenvalue weighted by Gasteiger charge is 2.22. The largest absolute Gasteiger partial charge is 0.297 e. The molecule has 20 heavy (non-hydrogen) atoms. The van der Waals surface area contributed by atoms with E-state index in [2.05, 4.69) is 43.8 Å². The lowest BCUT2D eigenvalue weighted by Crippen LogP contribution is -2.49. The third-order valence-corrected chi connectivity index (χ3v) is 4.68. The Bertz CT molecular complexity index is 574. The van der Waals surface area contributed by atoms with E-state index in [1.165, 1.54) is 0 Å². The van der Waals surface area contributed by atoms with E-state index in [9.17, 15) is 0 Å². The Morgan fingerprint density at radius 1 is 1.40 bits per heavy atom. The van der Waals surface area contributed by atoms with Gasteiger partial charge in [0.05, 0.1) is 17.8 Å². The number of rotatable bonds is 4. The predicted molar refractivity (Wildman–Crippen MR) is 79.6 cm³/mol. The zero-order valence-corrected chi connectivity index (χ0v) is 12.5. The fourth-order valence-electron chi connectivity index (χ4n) is 2.75. The molecule has 106 valence electrons. The molecule has 0 N–H and O–H groups in total. The number of fused-ring (bicyclic) bond motifs is 1. The lowest BCUT2D eigenvalue weighted by Gasteiger charge is -2.36. The molecule has 3 rings (SSSR count). The summed E-state index contributed by atoms with van der Waals surface area (Å²) in [5, 5.41) is 11.2. The number of hydrogen-bond donors (Lipinski definition) is 0. The molecule has 0 amide bonds. The Morgan fingerprint density at radius 3 is 2.85 bits per heavy atom. The minimum absolute atomic E-state index is 0.0788. The van der Waals surface area contributed by atoms with Crippen LogP contribution >= 0.6 is 11.3 Å². The zero-order chi connectivity index (χ0) is 13.9. The molecule has 1 fully saturated rings. The molecule has 6 heteroatoms. The van der Waals surface area contributed by atoms with E-state index in [-0.39, 0.29) is 6.04 Å². The van der Waals surface area contributed by atoms with Crippen molar-refractivity contribution in [2.24, 2.45) is 0 Å². The fourth-order valence-corrected chi connectivity index (χ4v) is 3.46. The first-order valence-electron chi connectivity index (χ1n) is 7.07. The maximum absolute atomic E-state index is 9.12. The van der Waals surface area contributed by atoms with E-state index in [0.29, 0.717) is 0 Å². The predicted octanol–water partition coefficient (Wildman–Crippen LogP) is 1.82. The summed E-state index contributed by atoms with van der Waals surface area (Å²) in [4.78, 5) is 10.4. The number of hydrogen-bond acceptors (Lipinski definition) is 5. The molecule has 0 aromatic carbocycles. The van der Waals surface area contributed by atoms with Crippen LogP contribution in [0.1, 0.15) is 19.0 Å². The summed E-state index contributed by atoms with van der Waals surface area (Å²) < 4.78 is 2.08. The van der Waals surface area contributed by atoms with Crippen molar-refractivity contribution in [2.45, 2.75) is 25.9 Å². The van der Waals surface area contributed by atoms with E-state index in [1.54, 1.807) is 11.3 Å². The van der Waals surface area contributed by atoms with Gasteiger partial charge in [0.2, 0.25) is 0 Å². The monoisotopic (exact) mass is 289 g/mol. The molecule has 0 spiro atoms. The zero-order valence-electron chi connectivity index (χ0n) is 11.7. The molecular formula is C14H19N5S. The summed E-state index contributed by atoms with van der Waals surface area (Å²) in [5.74, 6) is 0. The quantitative estimate of drug-likeness (QED) is 0.861. The molecule has 1 atom stereocenters. The van der Waals surface area contributed by atoms with Gasteiger partial charge in [0.1, 0.15) is 0 Å². The van der Waals surface area contributed by atoms with E-state index in [0.717, 1.165) is 49.8 Å². The summed E-state index contributed by atoms with van der Waals surface area (Å²) >= 11 is 1.67. The molecular weight excluding hydrogens is 270 g/mol. The van der Waals surface area contributed by atoms with Crippen LogP contribution in [-0.4, -0.2) is 51.4 Å². The van der Waals surface area contributed by atoms with Gasteiger partial charge in [-0.3, -0.25) is 14.2 Å². The lowest BCUT2D eigenvalue weighted by molar-refractivity contribution is 0.107. The second kappa shape index (κ2) is 5.92. The molecule has 2 aromatic heterocycles. The van der Waals surface area contributed by atoms with Crippen LogP contribution in [0.3, 0.4) is 0 Å². The van der Waals surface area contributed by atoms with E-state index < -0.39 is 0 Å². The van der Waals surface area contributed by atoms with Crippen LogP contribution in [0.4, 0.5) is 0 Å². The maximum Gasteiger partial charge on any atom is 0.193 e. The molecule has 0 aliphatic carbocycles. The smallest absolute Gasteiger partial charge is 0.193 e. The Hall–Kier alpha value is -1.42. The van der Waals surface area contributed by atoms with Crippen molar-refractivity contribution in [3.05, 3.63) is 23.5 Å². The maximum atomic E-state index is 9.12. The molecule has 2 aromatic rings. The summed E-state index contributed by atoms with van der Waals surface area (Å²) in [5.41, 5.74) is 1.14. The number of imidazole rings is 1. The third-order valence-electron chi connectivity index (χ3n) is 3.91. The van der Waals surface area contributed by atoms with Crippen molar-refractivity contribution < 1.29 is 0 Å². The van der Waals surface area contributed by atoms with E-state index in [1.807, 2.05) is 6.20 Å². The van der Waals surface area contributed by atoms with Crippen LogP contribution in [-0.2, 0) is 6.54 Å². The Labute approximate surface area is 123 Å². The van der Waals surface area contributed by atoms with Crippen LogP contribution in [0.5, 0.6) is 0 Å². The van der Waals surface area contributed by atoms with Gasteiger partial charge in [-0.25, -0.2) is 4.98 Å². The molecule has 3 heterocycles. The van der Waals surface area contributed by atoms with Crippen LogP contribution in [0.2, 0.25) is 0 Å². The molecule has 1 saturated heterocycles. The highest BCUT2D eigenvalue weighted by Crippen LogP contribution is 2.15. The molecule has 1 unspecified atom stereocenters. The third kappa shape index (κ3) is 2.70. The van der Waals surface area contributed by atoms with Gasteiger partial charge in [0.15, 0.2) is 4.96 Å². The summed E-state index contributed by atoms with van der Waals surface area (Å²) in [7, 11) is 0. The first kappa shape index (κ1) is 13.6. The van der Waals surface area contributed by atoms with Crippen molar-refractivity contribution in [1.29, 1.82) is 5.26 Å². The van der Waals surface area contributed by atoms with Gasteiger partial charge in [-0.05, 0) is 6.42 Å². The van der Waals surface area contributed by atoms with Crippen molar-refractivity contribution in [3.63, 3.8) is 0 Å². The topological polar surface area (TPSA) is 47.6 Å². The van der Waals surface area contributed by atoms with Gasteiger partial charge in [-0.15, -0.1) is 11.3 Å². The minimum atomic E-state index is 0.0788. The molecule has 0 saturated carbocycles. The van der Waals surface area contributed by atoms with Crippen molar-refractivity contribution in [3.8, 4) is 6.07 Å². The standard InChI is InChI=1S/C14H19N5S/c1-2-13(9-15)18-5-3-17(4-6-18)10-12-11-19-7-8-20-14(19)16-12/h7-8,11,13H,2-6,10H2,1H3. The normalized spacial score (nSPS) is 19.2. The van der Waals surface area contributed by atoms with Gasteiger partial charge in [0.25, 0.3) is 0 Å². The average Bonchev–Trinajstić information content (AvgIpc) is 3.03. The van der Waals surface area contributed by atoms with Crippen LogP contribution in [0.15, 0.2) is 17.8 Å². The Kier molecular flexibility index (Phi) is 4.01. The van der Waals surface area contributed by atoms with E-state index in [4.69, 9.17) is 5.26 Å². The van der Waals surface area contributed by atoms with E-state index >= 15 is 0 Å². The Balaban J connectivity index is 1.56. The van der Waals surface area contributed by atoms with Crippen molar-refractivity contribution >= 4 is 16.3 Å². The average molecular weight is 289 g/mol. The van der Waals surface area contributed by atoms with Crippen LogP contribution < -0.4 is 0 Å². The molecule has 5 nitrogen and oxygen atoms in total. The summed E-state index contributed by atoms with van der Waals surface area (Å²) in [6, 6.07) is 2.47. The number of thiazole rings is 1. The number of nitriles is 1. The fraction of sp³-hybridized carbons (Fsp3) is 0.571. The second-order valence-corrected chi connectivity index (χ2v) is 6.06. The summed E-state index contributed by atoms with van der Waals surface area (Å²) in [6.07, 6.45) is 5.07. The molecule has 1 aliphatic rings.